The van der Waals surface area contributed by atoms with Crippen LogP contribution in [0.3, 0.4) is 0 Å². The second-order valence-corrected chi connectivity index (χ2v) is 9.51. The normalized spacial score (nSPS) is 12.2. The van der Waals surface area contributed by atoms with Gasteiger partial charge in [-0.1, -0.05) is 48.5 Å². The van der Waals surface area contributed by atoms with Gasteiger partial charge in [-0.05, 0) is 53.6 Å². The summed E-state index contributed by atoms with van der Waals surface area (Å²) in [6.07, 6.45) is 1.85. The summed E-state index contributed by atoms with van der Waals surface area (Å²) >= 11 is 1.84. The average Bonchev–Trinajstić information content (AvgIpc) is 3.40. The van der Waals surface area contributed by atoms with Gasteiger partial charge in [-0.25, -0.2) is 4.98 Å². The fourth-order valence-corrected chi connectivity index (χ4v) is 6.40. The third-order valence-corrected chi connectivity index (χ3v) is 7.79. The van der Waals surface area contributed by atoms with Gasteiger partial charge in [0.1, 0.15) is 5.58 Å². The van der Waals surface area contributed by atoms with Gasteiger partial charge in [0.05, 0.1) is 16.4 Å². The number of thiophene rings is 1. The van der Waals surface area contributed by atoms with Gasteiger partial charge in [0.2, 0.25) is 5.71 Å². The van der Waals surface area contributed by atoms with Crippen LogP contribution in [0.15, 0.2) is 102 Å². The van der Waals surface area contributed by atoms with Crippen molar-refractivity contribution in [1.82, 2.24) is 9.55 Å². The third-order valence-electron chi connectivity index (χ3n) is 6.67. The molecule has 0 bridgehead atoms. The second-order valence-electron chi connectivity index (χ2n) is 8.42. The van der Waals surface area contributed by atoms with Crippen molar-refractivity contribution in [3.8, 4) is 16.8 Å². The first-order chi connectivity index (χ1) is 16.4. The van der Waals surface area contributed by atoms with E-state index in [1.807, 2.05) is 17.5 Å². The molecular weight excluding hydrogens is 424 g/mol. The molecule has 4 aromatic carbocycles. The Bertz CT molecular complexity index is 1850. The first-order valence-electron chi connectivity index (χ1n) is 11.0. The Labute approximate surface area is 192 Å². The third kappa shape index (κ3) is 2.25. The van der Waals surface area contributed by atoms with Crippen LogP contribution in [-0.4, -0.2) is 9.55 Å². The fraction of sp³-hybridized carbons (Fsp3) is 0. The molecule has 0 fully saturated rings. The lowest BCUT2D eigenvalue weighted by molar-refractivity contribution is 0.654. The molecule has 33 heavy (non-hydrogen) atoms. The van der Waals surface area contributed by atoms with Crippen LogP contribution in [-0.2, 0) is 0 Å². The van der Waals surface area contributed by atoms with Crippen molar-refractivity contribution in [3.05, 3.63) is 97.2 Å². The summed E-state index contributed by atoms with van der Waals surface area (Å²) in [5.74, 6) is 0. The summed E-state index contributed by atoms with van der Waals surface area (Å²) in [7, 11) is 0. The van der Waals surface area contributed by atoms with Crippen molar-refractivity contribution < 1.29 is 4.42 Å². The minimum absolute atomic E-state index is 0.688. The number of furan rings is 1. The Kier molecular flexibility index (Phi) is 3.28. The smallest absolute Gasteiger partial charge is 0.229 e. The number of pyridine rings is 1. The van der Waals surface area contributed by atoms with Gasteiger partial charge in [0.25, 0.3) is 0 Å². The minimum atomic E-state index is 0.688. The summed E-state index contributed by atoms with van der Waals surface area (Å²) in [5, 5.41) is 4.82. The molecule has 3 nitrogen and oxygen atoms in total. The molecule has 8 aromatic rings. The highest BCUT2D eigenvalue weighted by Crippen LogP contribution is 2.46. The highest BCUT2D eigenvalue weighted by molar-refractivity contribution is 7.26. The molecule has 0 spiro atoms. The van der Waals surface area contributed by atoms with Crippen molar-refractivity contribution in [2.45, 2.75) is 0 Å². The van der Waals surface area contributed by atoms with Crippen molar-refractivity contribution in [3.63, 3.8) is 0 Å². The summed E-state index contributed by atoms with van der Waals surface area (Å²) in [6.45, 7) is 0. The maximum Gasteiger partial charge on any atom is 0.229 e. The van der Waals surface area contributed by atoms with Gasteiger partial charge >= 0.3 is 0 Å². The molecule has 4 heterocycles. The van der Waals surface area contributed by atoms with E-state index in [-0.39, 0.29) is 0 Å². The molecule has 0 radical (unpaired) electrons. The summed E-state index contributed by atoms with van der Waals surface area (Å²) in [5.41, 5.74) is 7.43. The number of hydrogen-bond donors (Lipinski definition) is 0. The molecule has 4 heteroatoms. The SMILES string of the molecule is c1ccc(-c2ccc(-n3c4ccnc5oc6ccc7sc8cccc3c8c7c6c54)cc2)cc1. The highest BCUT2D eigenvalue weighted by atomic mass is 32.1. The lowest BCUT2D eigenvalue weighted by Gasteiger charge is -2.12. The van der Waals surface area contributed by atoms with Crippen LogP contribution in [0.25, 0.3) is 70.1 Å². The highest BCUT2D eigenvalue weighted by Gasteiger charge is 2.22. The van der Waals surface area contributed by atoms with Crippen LogP contribution in [0.5, 0.6) is 0 Å². The van der Waals surface area contributed by atoms with E-state index in [0.717, 1.165) is 22.2 Å². The molecule has 0 saturated carbocycles. The van der Waals surface area contributed by atoms with E-state index in [4.69, 9.17) is 4.42 Å². The Morgan fingerprint density at radius 3 is 2.27 bits per heavy atom. The lowest BCUT2D eigenvalue weighted by atomic mass is 10.1. The molecule has 0 atom stereocenters. The Morgan fingerprint density at radius 2 is 1.39 bits per heavy atom. The molecule has 0 aliphatic rings. The molecule has 0 unspecified atom stereocenters. The number of aromatic nitrogens is 2. The van der Waals surface area contributed by atoms with E-state index in [1.165, 1.54) is 42.2 Å². The summed E-state index contributed by atoms with van der Waals surface area (Å²) in [6, 6.07) is 32.3. The minimum Gasteiger partial charge on any atom is -0.438 e. The number of hydrogen-bond acceptors (Lipinski definition) is 3. The predicted molar refractivity (Wildman–Crippen MR) is 138 cm³/mol. The Balaban J connectivity index is 1.56. The van der Waals surface area contributed by atoms with Crippen molar-refractivity contribution in [2.24, 2.45) is 0 Å². The largest absolute Gasteiger partial charge is 0.438 e. The van der Waals surface area contributed by atoms with Gasteiger partial charge in [0.15, 0.2) is 0 Å². The first-order valence-corrected chi connectivity index (χ1v) is 11.8. The maximum absolute atomic E-state index is 6.22. The predicted octanol–water partition coefficient (Wildman–Crippen LogP) is 8.40. The van der Waals surface area contributed by atoms with Crippen LogP contribution in [0.2, 0.25) is 0 Å². The monoisotopic (exact) mass is 440 g/mol. The number of rotatable bonds is 2. The zero-order valence-electron chi connectivity index (χ0n) is 17.4. The zero-order valence-corrected chi connectivity index (χ0v) is 18.3. The fourth-order valence-electron chi connectivity index (χ4n) is 5.27. The molecule has 0 saturated heterocycles. The van der Waals surface area contributed by atoms with Gasteiger partial charge in [-0.2, -0.15) is 0 Å². The van der Waals surface area contributed by atoms with Crippen LogP contribution in [0, 0.1) is 0 Å². The van der Waals surface area contributed by atoms with Crippen molar-refractivity contribution in [2.75, 3.05) is 0 Å². The quantitative estimate of drug-likeness (QED) is 0.270. The van der Waals surface area contributed by atoms with Crippen molar-refractivity contribution >= 4 is 64.6 Å². The lowest BCUT2D eigenvalue weighted by Crippen LogP contribution is -1.97. The van der Waals surface area contributed by atoms with E-state index in [1.54, 1.807) is 0 Å². The maximum atomic E-state index is 6.22. The van der Waals surface area contributed by atoms with E-state index in [9.17, 15) is 0 Å². The van der Waals surface area contributed by atoms with Gasteiger partial charge < -0.3 is 8.98 Å². The van der Waals surface area contributed by atoms with E-state index < -0.39 is 0 Å². The first kappa shape index (κ1) is 17.4. The van der Waals surface area contributed by atoms with E-state index in [2.05, 4.69) is 101 Å². The van der Waals surface area contributed by atoms with E-state index >= 15 is 0 Å². The molecular formula is C29H16N2OS. The summed E-state index contributed by atoms with van der Waals surface area (Å²) < 4.78 is 11.1. The van der Waals surface area contributed by atoms with Crippen LogP contribution in [0.4, 0.5) is 0 Å². The van der Waals surface area contributed by atoms with Gasteiger partial charge in [-0.15, -0.1) is 11.3 Å². The average molecular weight is 441 g/mol. The molecule has 8 rings (SSSR count). The molecule has 0 aliphatic heterocycles. The van der Waals surface area contributed by atoms with Crippen LogP contribution < -0.4 is 0 Å². The molecule has 0 aliphatic carbocycles. The van der Waals surface area contributed by atoms with Gasteiger partial charge in [-0.3, -0.25) is 0 Å². The topological polar surface area (TPSA) is 31.0 Å². The van der Waals surface area contributed by atoms with E-state index in [0.29, 0.717) is 5.71 Å². The zero-order chi connectivity index (χ0) is 21.5. The van der Waals surface area contributed by atoms with Gasteiger partial charge in [0, 0.05) is 37.4 Å². The Morgan fingerprint density at radius 1 is 0.606 bits per heavy atom. The number of benzene rings is 4. The van der Waals surface area contributed by atoms with Crippen LogP contribution >= 0.6 is 11.3 Å². The van der Waals surface area contributed by atoms with Crippen molar-refractivity contribution in [1.29, 1.82) is 0 Å². The summed E-state index contributed by atoms with van der Waals surface area (Å²) in [4.78, 5) is 4.59. The van der Waals surface area contributed by atoms with Crippen LogP contribution in [0.1, 0.15) is 0 Å². The standard InChI is InChI=1S/C29H16N2OS/c1-2-5-17(6-3-1)18-9-11-19(12-10-18)31-20-7-4-8-23-25(20)28-24(33-23)14-13-22-27(28)26-21(31)15-16-30-29(26)32-22/h1-16H. The molecule has 154 valence electrons. The molecule has 0 amide bonds. The molecule has 0 N–H and O–H groups in total. The Hall–Kier alpha value is -4.15. The number of nitrogens with zero attached hydrogens (tertiary/aromatic N) is 2. The second kappa shape index (κ2) is 6.21. The molecule has 4 aromatic heterocycles.